The van der Waals surface area contributed by atoms with Crippen LogP contribution in [0.5, 0.6) is 5.75 Å². The summed E-state index contributed by atoms with van der Waals surface area (Å²) >= 11 is 0. The van der Waals surface area contributed by atoms with Gasteiger partial charge in [0.05, 0.1) is 11.1 Å². The molecule has 2 aromatic rings. The quantitative estimate of drug-likeness (QED) is 0.148. The number of carbonyl (C=O) groups is 2. The van der Waals surface area contributed by atoms with Crippen molar-refractivity contribution in [2.45, 2.75) is 19.3 Å². The number of hydrogen-bond donors (Lipinski definition) is 0. The molecule has 6 heteroatoms. The lowest BCUT2D eigenvalue weighted by Crippen LogP contribution is -2.31. The van der Waals surface area contributed by atoms with Crippen LogP contribution >= 0.6 is 0 Å². The molecule has 142 valence electrons. The number of hydrazone groups is 1. The SMILES string of the molecule is C=CC(=O)Oc1cccc(N(C=O)N=CC2=[N+](C)c3ccccc3C2(C)C)c1. The molecule has 1 amide bonds. The molecular weight excluding hydrogens is 354 g/mol. The van der Waals surface area contributed by atoms with Gasteiger partial charge in [0.25, 0.3) is 0 Å². The topological polar surface area (TPSA) is 62.0 Å². The number of rotatable bonds is 6. The van der Waals surface area contributed by atoms with Crippen LogP contribution in [-0.4, -0.2) is 35.9 Å². The summed E-state index contributed by atoms with van der Waals surface area (Å²) in [5, 5.41) is 5.56. The molecule has 1 heterocycles. The van der Waals surface area contributed by atoms with Crippen LogP contribution in [0.2, 0.25) is 0 Å². The summed E-state index contributed by atoms with van der Waals surface area (Å²) in [6.45, 7) is 7.61. The minimum atomic E-state index is -0.569. The lowest BCUT2D eigenvalue weighted by Gasteiger charge is -2.16. The van der Waals surface area contributed by atoms with Crippen molar-refractivity contribution >= 4 is 35.7 Å². The van der Waals surface area contributed by atoms with Gasteiger partial charge in [0.15, 0.2) is 0 Å². The van der Waals surface area contributed by atoms with Crippen molar-refractivity contribution in [3.8, 4) is 5.75 Å². The summed E-state index contributed by atoms with van der Waals surface area (Å²) in [6, 6.07) is 14.8. The van der Waals surface area contributed by atoms with E-state index in [-0.39, 0.29) is 5.41 Å². The number of fused-ring (bicyclic) bond motifs is 1. The second-order valence-electron chi connectivity index (χ2n) is 6.90. The van der Waals surface area contributed by atoms with Gasteiger partial charge in [-0.1, -0.05) is 30.8 Å². The molecule has 0 radical (unpaired) electrons. The van der Waals surface area contributed by atoms with Crippen molar-refractivity contribution < 1.29 is 18.9 Å². The predicted molar refractivity (Wildman–Crippen MR) is 110 cm³/mol. The van der Waals surface area contributed by atoms with Crippen molar-refractivity contribution in [1.82, 2.24) is 0 Å². The molecule has 0 aliphatic carbocycles. The lowest BCUT2D eigenvalue weighted by molar-refractivity contribution is -0.400. The molecule has 1 aliphatic heterocycles. The summed E-state index contributed by atoms with van der Waals surface area (Å²) in [7, 11) is 1.98. The van der Waals surface area contributed by atoms with Crippen LogP contribution in [0, 0.1) is 0 Å². The Kier molecular flexibility index (Phi) is 5.22. The minimum Gasteiger partial charge on any atom is -0.423 e. The first kappa shape index (κ1) is 19.2. The molecule has 3 rings (SSSR count). The summed E-state index contributed by atoms with van der Waals surface area (Å²) in [6.07, 6.45) is 3.38. The molecule has 0 fully saturated rings. The van der Waals surface area contributed by atoms with Crippen LogP contribution in [0.4, 0.5) is 11.4 Å². The van der Waals surface area contributed by atoms with Gasteiger partial charge in [-0.3, -0.25) is 4.79 Å². The van der Waals surface area contributed by atoms with E-state index in [1.165, 1.54) is 10.6 Å². The zero-order chi connectivity index (χ0) is 20.3. The fourth-order valence-electron chi connectivity index (χ4n) is 3.35. The number of carbonyl (C=O) groups excluding carboxylic acids is 2. The number of nitrogens with zero attached hydrogens (tertiary/aromatic N) is 3. The van der Waals surface area contributed by atoms with Crippen molar-refractivity contribution in [3.05, 3.63) is 66.7 Å². The fourth-order valence-corrected chi connectivity index (χ4v) is 3.35. The Morgan fingerprint density at radius 3 is 2.64 bits per heavy atom. The molecule has 0 unspecified atom stereocenters. The minimum absolute atomic E-state index is 0.245. The van der Waals surface area contributed by atoms with E-state index >= 15 is 0 Å². The van der Waals surface area contributed by atoms with E-state index < -0.39 is 5.97 Å². The Labute approximate surface area is 164 Å². The molecule has 2 aromatic carbocycles. The van der Waals surface area contributed by atoms with Gasteiger partial charge < -0.3 is 4.74 Å². The van der Waals surface area contributed by atoms with Gasteiger partial charge in [0.1, 0.15) is 19.0 Å². The molecular formula is C22H22N3O3+. The average molecular weight is 376 g/mol. The number of benzene rings is 2. The van der Waals surface area contributed by atoms with Gasteiger partial charge in [0, 0.05) is 23.8 Å². The van der Waals surface area contributed by atoms with Gasteiger partial charge in [-0.25, -0.2) is 9.80 Å². The van der Waals surface area contributed by atoms with E-state index in [1.54, 1.807) is 30.5 Å². The number of esters is 1. The highest BCUT2D eigenvalue weighted by Gasteiger charge is 2.43. The highest BCUT2D eigenvalue weighted by Crippen LogP contribution is 2.38. The maximum Gasteiger partial charge on any atom is 0.335 e. The molecule has 0 saturated carbocycles. The first-order chi connectivity index (χ1) is 13.4. The van der Waals surface area contributed by atoms with Crippen LogP contribution in [-0.2, 0) is 15.0 Å². The maximum absolute atomic E-state index is 11.6. The molecule has 0 atom stereocenters. The van der Waals surface area contributed by atoms with Crippen molar-refractivity contribution in [3.63, 3.8) is 0 Å². The highest BCUT2D eigenvalue weighted by atomic mass is 16.5. The zero-order valence-corrected chi connectivity index (χ0v) is 16.1. The third-order valence-corrected chi connectivity index (χ3v) is 4.81. The molecule has 0 saturated heterocycles. The third-order valence-electron chi connectivity index (χ3n) is 4.81. The Balaban J connectivity index is 1.90. The fraction of sp³-hybridized carbons (Fsp3) is 0.182. The number of anilines is 1. The molecule has 0 N–H and O–H groups in total. The van der Waals surface area contributed by atoms with E-state index in [0.29, 0.717) is 17.8 Å². The van der Waals surface area contributed by atoms with Gasteiger partial charge >= 0.3 is 5.97 Å². The van der Waals surface area contributed by atoms with E-state index in [1.807, 2.05) is 19.2 Å². The second kappa shape index (κ2) is 7.60. The number of amides is 1. The summed E-state index contributed by atoms with van der Waals surface area (Å²) in [5.74, 6) is -0.260. The molecule has 0 spiro atoms. The van der Waals surface area contributed by atoms with Crippen LogP contribution in [0.15, 0.2) is 66.3 Å². The predicted octanol–water partition coefficient (Wildman–Crippen LogP) is 3.43. The summed E-state index contributed by atoms with van der Waals surface area (Å²) in [5.41, 5.74) is 3.52. The van der Waals surface area contributed by atoms with E-state index in [0.717, 1.165) is 17.5 Å². The normalized spacial score (nSPS) is 14.7. The Morgan fingerprint density at radius 2 is 1.96 bits per heavy atom. The molecule has 6 nitrogen and oxygen atoms in total. The van der Waals surface area contributed by atoms with Crippen molar-refractivity contribution in [2.75, 3.05) is 12.1 Å². The maximum atomic E-state index is 11.6. The number of hydrogen-bond acceptors (Lipinski definition) is 4. The van der Waals surface area contributed by atoms with E-state index in [4.69, 9.17) is 4.74 Å². The Bertz CT molecular complexity index is 1010. The zero-order valence-electron chi connectivity index (χ0n) is 16.1. The molecule has 28 heavy (non-hydrogen) atoms. The average Bonchev–Trinajstić information content (AvgIpc) is 2.89. The van der Waals surface area contributed by atoms with Gasteiger partial charge in [-0.2, -0.15) is 9.68 Å². The Morgan fingerprint density at radius 1 is 1.21 bits per heavy atom. The largest absolute Gasteiger partial charge is 0.423 e. The van der Waals surface area contributed by atoms with Gasteiger partial charge in [-0.15, -0.1) is 0 Å². The highest BCUT2D eigenvalue weighted by molar-refractivity contribution is 6.33. The standard InChI is InChI=1S/C22H22N3O3/c1-5-21(27)28-17-10-8-9-16(13-17)25(15-26)23-14-20-22(2,3)18-11-6-7-12-19(18)24(20)4/h5-15H,1H2,2-4H3/q+1. The number of para-hydroxylation sites is 1. The van der Waals surface area contributed by atoms with Crippen LogP contribution in [0.25, 0.3) is 0 Å². The van der Waals surface area contributed by atoms with Crippen molar-refractivity contribution in [1.29, 1.82) is 0 Å². The van der Waals surface area contributed by atoms with E-state index in [2.05, 4.69) is 42.2 Å². The first-order valence-electron chi connectivity index (χ1n) is 8.82. The van der Waals surface area contributed by atoms with E-state index in [9.17, 15) is 9.59 Å². The smallest absolute Gasteiger partial charge is 0.335 e. The van der Waals surface area contributed by atoms with Crippen LogP contribution < -0.4 is 9.75 Å². The first-order valence-corrected chi connectivity index (χ1v) is 8.82. The molecule has 0 aromatic heterocycles. The second-order valence-corrected chi connectivity index (χ2v) is 6.90. The van der Waals surface area contributed by atoms with Crippen molar-refractivity contribution in [2.24, 2.45) is 5.10 Å². The molecule has 1 aliphatic rings. The Hall–Kier alpha value is -3.54. The molecule has 0 bridgehead atoms. The third kappa shape index (κ3) is 3.49. The van der Waals surface area contributed by atoms with Gasteiger partial charge in [-0.05, 0) is 26.0 Å². The summed E-state index contributed by atoms with van der Waals surface area (Å²) < 4.78 is 7.18. The summed E-state index contributed by atoms with van der Waals surface area (Å²) in [4.78, 5) is 23.0. The van der Waals surface area contributed by atoms with Crippen LogP contribution in [0.1, 0.15) is 19.4 Å². The number of ether oxygens (including phenoxy) is 1. The lowest BCUT2D eigenvalue weighted by atomic mass is 9.82. The van der Waals surface area contributed by atoms with Gasteiger partial charge in [0.2, 0.25) is 17.8 Å². The van der Waals surface area contributed by atoms with Crippen LogP contribution in [0.3, 0.4) is 0 Å². The monoisotopic (exact) mass is 376 g/mol.